The molecule has 0 bridgehead atoms. The molecule has 8 heteroatoms. The summed E-state index contributed by atoms with van der Waals surface area (Å²) in [6.07, 6.45) is 1.44. The Morgan fingerprint density at radius 2 is 1.92 bits per heavy atom. The van der Waals surface area contributed by atoms with E-state index >= 15 is 0 Å². The van der Waals surface area contributed by atoms with Gasteiger partial charge in [-0.25, -0.2) is 0 Å². The molecule has 0 fully saturated rings. The number of nitro groups is 1. The highest BCUT2D eigenvalue weighted by Crippen LogP contribution is 2.31. The Balaban J connectivity index is 2.58. The Bertz CT molecular complexity index is 889. The van der Waals surface area contributed by atoms with E-state index in [1.807, 2.05) is 18.7 Å². The van der Waals surface area contributed by atoms with Crippen molar-refractivity contribution in [1.29, 1.82) is 5.26 Å². The average Bonchev–Trinajstić information content (AvgIpc) is 2.60. The van der Waals surface area contributed by atoms with Crippen LogP contribution in [-0.2, 0) is 9.59 Å². The van der Waals surface area contributed by atoms with Crippen LogP contribution in [0.5, 0.6) is 0 Å². The molecule has 1 N–H and O–H groups in total. The lowest BCUT2D eigenvalue weighted by atomic mass is 9.95. The second-order valence-electron chi connectivity index (χ2n) is 5.63. The third kappa shape index (κ3) is 3.47. The zero-order chi connectivity index (χ0) is 19.4. The van der Waals surface area contributed by atoms with E-state index in [-0.39, 0.29) is 22.4 Å². The number of anilines is 1. The smallest absolute Gasteiger partial charge is 0.293 e. The van der Waals surface area contributed by atoms with E-state index in [0.29, 0.717) is 24.3 Å². The SMILES string of the molecule is CCN(CC)c1ccc(/C=C2\C(=O)NC(=O)C(C#N)=C2C)cc1[N+](=O)[O-]. The van der Waals surface area contributed by atoms with Crippen molar-refractivity contribution in [3.63, 3.8) is 0 Å². The van der Waals surface area contributed by atoms with E-state index in [0.717, 1.165) is 0 Å². The van der Waals surface area contributed by atoms with Gasteiger partial charge in [0.1, 0.15) is 17.3 Å². The predicted octanol–water partition coefficient (Wildman–Crippen LogP) is 2.32. The summed E-state index contributed by atoms with van der Waals surface area (Å²) in [6.45, 7) is 6.55. The molecule has 1 aliphatic heterocycles. The Labute approximate surface area is 150 Å². The van der Waals surface area contributed by atoms with Crippen LogP contribution in [0.25, 0.3) is 6.08 Å². The minimum absolute atomic E-state index is 0.0718. The lowest BCUT2D eigenvalue weighted by Gasteiger charge is -2.21. The van der Waals surface area contributed by atoms with Crippen LogP contribution < -0.4 is 10.2 Å². The number of carbonyl (C=O) groups is 2. The van der Waals surface area contributed by atoms with Crippen molar-refractivity contribution in [3.8, 4) is 6.07 Å². The molecule has 1 aromatic carbocycles. The molecule has 134 valence electrons. The number of nitriles is 1. The minimum Gasteiger partial charge on any atom is -0.367 e. The van der Waals surface area contributed by atoms with Crippen LogP contribution in [0.2, 0.25) is 0 Å². The van der Waals surface area contributed by atoms with Gasteiger partial charge in [-0.1, -0.05) is 6.07 Å². The van der Waals surface area contributed by atoms with E-state index in [4.69, 9.17) is 5.26 Å². The Morgan fingerprint density at radius 1 is 1.27 bits per heavy atom. The first-order chi connectivity index (χ1) is 12.3. The fraction of sp³-hybridized carbons (Fsp3) is 0.278. The third-order valence-electron chi connectivity index (χ3n) is 4.20. The second-order valence-corrected chi connectivity index (χ2v) is 5.63. The zero-order valence-corrected chi connectivity index (χ0v) is 14.7. The van der Waals surface area contributed by atoms with Crippen molar-refractivity contribution in [2.75, 3.05) is 18.0 Å². The van der Waals surface area contributed by atoms with Gasteiger partial charge in [0, 0.05) is 24.7 Å². The first kappa shape index (κ1) is 18.9. The number of benzene rings is 1. The number of hydrogen-bond donors (Lipinski definition) is 1. The standard InChI is InChI=1S/C18H18N4O4/c1-4-21(5-2)15-7-6-12(9-16(15)22(25)26)8-13-11(3)14(10-19)18(24)20-17(13)23/h6-9H,4-5H2,1-3H3,(H,20,23,24)/b13-8-. The summed E-state index contributed by atoms with van der Waals surface area (Å²) in [5.74, 6) is -1.38. The molecule has 0 radical (unpaired) electrons. The van der Waals surface area contributed by atoms with Gasteiger partial charge in [-0.15, -0.1) is 0 Å². The minimum atomic E-state index is -0.741. The van der Waals surface area contributed by atoms with Crippen LogP contribution >= 0.6 is 0 Å². The average molecular weight is 354 g/mol. The Morgan fingerprint density at radius 3 is 2.46 bits per heavy atom. The molecule has 0 saturated heterocycles. The van der Waals surface area contributed by atoms with Gasteiger partial charge in [-0.05, 0) is 44.1 Å². The number of nitro benzene ring substituents is 1. The fourth-order valence-corrected chi connectivity index (χ4v) is 2.79. The molecule has 1 aromatic rings. The van der Waals surface area contributed by atoms with Gasteiger partial charge in [0.25, 0.3) is 17.5 Å². The summed E-state index contributed by atoms with van der Waals surface area (Å²) in [5, 5.41) is 22.6. The molecule has 0 aliphatic carbocycles. The molecule has 1 aliphatic rings. The summed E-state index contributed by atoms with van der Waals surface area (Å²) < 4.78 is 0. The number of nitrogens with one attached hydrogen (secondary N) is 1. The number of rotatable bonds is 5. The molecule has 0 spiro atoms. The maximum atomic E-state index is 12.1. The topological polar surface area (TPSA) is 116 Å². The summed E-state index contributed by atoms with van der Waals surface area (Å²) in [7, 11) is 0. The van der Waals surface area contributed by atoms with E-state index in [1.165, 1.54) is 19.1 Å². The van der Waals surface area contributed by atoms with Crippen molar-refractivity contribution >= 4 is 29.3 Å². The molecular weight excluding hydrogens is 336 g/mol. The molecule has 8 nitrogen and oxygen atoms in total. The second kappa shape index (κ2) is 7.61. The van der Waals surface area contributed by atoms with Crippen molar-refractivity contribution in [2.24, 2.45) is 0 Å². The van der Waals surface area contributed by atoms with Gasteiger partial charge in [0.05, 0.1) is 4.92 Å². The lowest BCUT2D eigenvalue weighted by molar-refractivity contribution is -0.384. The maximum Gasteiger partial charge on any atom is 0.293 e. The van der Waals surface area contributed by atoms with Gasteiger partial charge in [0.15, 0.2) is 0 Å². The fourth-order valence-electron chi connectivity index (χ4n) is 2.79. The van der Waals surface area contributed by atoms with Gasteiger partial charge < -0.3 is 4.90 Å². The van der Waals surface area contributed by atoms with Crippen molar-refractivity contribution in [2.45, 2.75) is 20.8 Å². The zero-order valence-electron chi connectivity index (χ0n) is 14.7. The van der Waals surface area contributed by atoms with Crippen LogP contribution in [0.1, 0.15) is 26.3 Å². The number of hydrogen-bond acceptors (Lipinski definition) is 6. The van der Waals surface area contributed by atoms with Crippen molar-refractivity contribution < 1.29 is 14.5 Å². The van der Waals surface area contributed by atoms with Crippen molar-refractivity contribution in [3.05, 3.63) is 50.6 Å². The predicted molar refractivity (Wildman–Crippen MR) is 96.1 cm³/mol. The Kier molecular flexibility index (Phi) is 5.52. The van der Waals surface area contributed by atoms with Gasteiger partial charge in [-0.3, -0.25) is 25.0 Å². The maximum absolute atomic E-state index is 12.1. The van der Waals surface area contributed by atoms with Gasteiger partial charge >= 0.3 is 0 Å². The van der Waals surface area contributed by atoms with Crippen LogP contribution in [0.4, 0.5) is 11.4 Å². The third-order valence-corrected chi connectivity index (χ3v) is 4.20. The van der Waals surface area contributed by atoms with Gasteiger partial charge in [0.2, 0.25) is 0 Å². The number of amides is 2. The lowest BCUT2D eigenvalue weighted by Crippen LogP contribution is -2.37. The number of nitrogens with zero attached hydrogens (tertiary/aromatic N) is 3. The summed E-state index contributed by atoms with van der Waals surface area (Å²) in [4.78, 5) is 36.6. The molecule has 0 atom stereocenters. The molecule has 0 saturated carbocycles. The number of imide groups is 1. The van der Waals surface area contributed by atoms with Crippen molar-refractivity contribution in [1.82, 2.24) is 5.32 Å². The van der Waals surface area contributed by atoms with Crippen LogP contribution in [0.3, 0.4) is 0 Å². The van der Waals surface area contributed by atoms with Crippen LogP contribution in [0.15, 0.2) is 34.9 Å². The molecule has 2 amide bonds. The van der Waals surface area contributed by atoms with E-state index in [2.05, 4.69) is 5.32 Å². The quantitative estimate of drug-likeness (QED) is 0.375. The first-order valence-electron chi connectivity index (χ1n) is 8.06. The monoisotopic (exact) mass is 354 g/mol. The summed E-state index contributed by atoms with van der Waals surface area (Å²) in [6, 6.07) is 6.44. The highest BCUT2D eigenvalue weighted by atomic mass is 16.6. The highest BCUT2D eigenvalue weighted by molar-refractivity contribution is 6.19. The largest absolute Gasteiger partial charge is 0.367 e. The molecule has 1 heterocycles. The molecule has 26 heavy (non-hydrogen) atoms. The Hall–Kier alpha value is -3.47. The van der Waals surface area contributed by atoms with E-state index < -0.39 is 16.7 Å². The molecule has 0 aromatic heterocycles. The van der Waals surface area contributed by atoms with Gasteiger partial charge in [-0.2, -0.15) is 5.26 Å². The highest BCUT2D eigenvalue weighted by Gasteiger charge is 2.28. The van der Waals surface area contributed by atoms with Crippen LogP contribution in [0, 0.1) is 21.4 Å². The molecular formula is C18H18N4O4. The van der Waals surface area contributed by atoms with E-state index in [1.54, 1.807) is 18.2 Å². The first-order valence-corrected chi connectivity index (χ1v) is 8.06. The number of carbonyl (C=O) groups excluding carboxylic acids is 2. The van der Waals surface area contributed by atoms with Crippen LogP contribution in [-0.4, -0.2) is 29.8 Å². The summed E-state index contributed by atoms with van der Waals surface area (Å²) in [5.41, 5.74) is 1.09. The summed E-state index contributed by atoms with van der Waals surface area (Å²) >= 11 is 0. The molecule has 2 rings (SSSR count). The van der Waals surface area contributed by atoms with E-state index in [9.17, 15) is 19.7 Å². The molecule has 0 unspecified atom stereocenters. The normalized spacial score (nSPS) is 15.7.